The number of cyclic esters (lactones) is 1. The van der Waals surface area contributed by atoms with Crippen LogP contribution in [0.1, 0.15) is 51.6 Å². The number of anilines is 1. The Balaban J connectivity index is 1.40. The summed E-state index contributed by atoms with van der Waals surface area (Å²) in [5, 5.41) is 12.8. The van der Waals surface area contributed by atoms with Crippen LogP contribution in [0.4, 0.5) is 5.69 Å². The van der Waals surface area contributed by atoms with Crippen molar-refractivity contribution in [1.29, 1.82) is 0 Å². The zero-order chi connectivity index (χ0) is 37.4. The van der Waals surface area contributed by atoms with Crippen LogP contribution < -0.4 is 20.5 Å². The number of methoxy groups -OCH3 is 1. The number of benzene rings is 5. The third-order valence-corrected chi connectivity index (χ3v) is 10.6. The number of hydrogen-bond acceptors (Lipinski definition) is 8. The fourth-order valence-corrected chi connectivity index (χ4v) is 8.48. The minimum absolute atomic E-state index is 0.0237. The predicted molar refractivity (Wildman–Crippen MR) is 200 cm³/mol. The van der Waals surface area contributed by atoms with Crippen LogP contribution in [0.5, 0.6) is 11.5 Å². The predicted octanol–water partition coefficient (Wildman–Crippen LogP) is 5.22. The number of carbonyl (C=O) groups is 3. The van der Waals surface area contributed by atoms with Gasteiger partial charge in [-0.3, -0.25) is 19.3 Å². The van der Waals surface area contributed by atoms with Gasteiger partial charge in [0.05, 0.1) is 31.7 Å². The number of ether oxygens (including phenoxy) is 3. The second-order valence-corrected chi connectivity index (χ2v) is 13.5. The summed E-state index contributed by atoms with van der Waals surface area (Å²) < 4.78 is 17.8. The minimum Gasteiger partial charge on any atom is -0.497 e. The molecule has 0 aliphatic carbocycles. The molecule has 6 atom stereocenters. The van der Waals surface area contributed by atoms with Crippen LogP contribution in [0, 0.1) is 17.8 Å². The van der Waals surface area contributed by atoms with Crippen LogP contribution >= 0.6 is 0 Å². The Bertz CT molecular complexity index is 2290. The number of nitrogens with zero attached hydrogens (tertiary/aromatic N) is 1. The molecular weight excluding hydrogens is 682 g/mol. The van der Waals surface area contributed by atoms with Crippen molar-refractivity contribution in [1.82, 2.24) is 4.90 Å². The van der Waals surface area contributed by atoms with Gasteiger partial charge in [0.15, 0.2) is 0 Å². The highest BCUT2D eigenvalue weighted by Gasteiger charge is 2.74. The van der Waals surface area contributed by atoms with Gasteiger partial charge in [-0.1, -0.05) is 90.7 Å². The van der Waals surface area contributed by atoms with Crippen molar-refractivity contribution < 1.29 is 33.7 Å². The molecule has 4 N–H and O–H groups in total. The Morgan fingerprint density at radius 1 is 0.852 bits per heavy atom. The van der Waals surface area contributed by atoms with Crippen LogP contribution in [-0.4, -0.2) is 54.2 Å². The molecule has 2 amide bonds. The Morgan fingerprint density at radius 2 is 1.50 bits per heavy atom. The monoisotopic (exact) mass is 719 g/mol. The molecule has 0 bridgehead atoms. The van der Waals surface area contributed by atoms with E-state index >= 15 is 4.79 Å². The third-order valence-electron chi connectivity index (χ3n) is 10.6. The second-order valence-electron chi connectivity index (χ2n) is 13.5. The van der Waals surface area contributed by atoms with Gasteiger partial charge in [0.2, 0.25) is 11.8 Å². The fraction of sp³-hybridized carbons (Fsp3) is 0.205. The van der Waals surface area contributed by atoms with Crippen LogP contribution in [0.25, 0.3) is 0 Å². The molecule has 5 aromatic carbocycles. The van der Waals surface area contributed by atoms with Crippen LogP contribution in [0.15, 0.2) is 127 Å². The van der Waals surface area contributed by atoms with Crippen molar-refractivity contribution in [2.24, 2.45) is 11.7 Å². The van der Waals surface area contributed by atoms with Crippen LogP contribution in [0.3, 0.4) is 0 Å². The summed E-state index contributed by atoms with van der Waals surface area (Å²) in [5.74, 6) is 4.11. The highest BCUT2D eigenvalue weighted by molar-refractivity contribution is 6.12. The van der Waals surface area contributed by atoms with Crippen LogP contribution in [0.2, 0.25) is 0 Å². The molecule has 3 aliphatic heterocycles. The molecule has 3 aliphatic rings. The summed E-state index contributed by atoms with van der Waals surface area (Å²) in [7, 11) is 1.60. The summed E-state index contributed by atoms with van der Waals surface area (Å²) in [6.07, 6.45) is -0.820. The number of nitrogens with two attached hydrogens (primary N) is 1. The maximum absolute atomic E-state index is 15.0. The van der Waals surface area contributed by atoms with Crippen molar-refractivity contribution in [3.8, 4) is 23.3 Å². The number of primary amides is 1. The van der Waals surface area contributed by atoms with Crippen molar-refractivity contribution >= 4 is 23.5 Å². The first-order chi connectivity index (χ1) is 26.4. The Kier molecular flexibility index (Phi) is 9.11. The molecule has 0 saturated carbocycles. The summed E-state index contributed by atoms with van der Waals surface area (Å²) >= 11 is 0. The van der Waals surface area contributed by atoms with Crippen molar-refractivity contribution in [2.75, 3.05) is 25.6 Å². The molecule has 0 aromatic heterocycles. The average Bonchev–Trinajstić information content (AvgIpc) is 3.68. The van der Waals surface area contributed by atoms with E-state index in [9.17, 15) is 14.7 Å². The number of fused-ring (bicyclic) bond motifs is 3. The molecule has 10 heteroatoms. The van der Waals surface area contributed by atoms with Gasteiger partial charge in [-0.25, -0.2) is 0 Å². The zero-order valence-corrected chi connectivity index (χ0v) is 29.3. The summed E-state index contributed by atoms with van der Waals surface area (Å²) in [6.45, 7) is -0.279. The van der Waals surface area contributed by atoms with E-state index in [4.69, 9.17) is 19.9 Å². The van der Waals surface area contributed by atoms with Crippen molar-refractivity contribution in [3.05, 3.63) is 161 Å². The number of para-hydroxylation sites is 1. The molecule has 54 heavy (non-hydrogen) atoms. The largest absolute Gasteiger partial charge is 0.497 e. The number of esters is 1. The van der Waals surface area contributed by atoms with Gasteiger partial charge < -0.3 is 30.4 Å². The van der Waals surface area contributed by atoms with Gasteiger partial charge in [0, 0.05) is 22.4 Å². The van der Waals surface area contributed by atoms with Gasteiger partial charge in [-0.05, 0) is 65.2 Å². The van der Waals surface area contributed by atoms with Gasteiger partial charge >= 0.3 is 5.97 Å². The normalized spacial score (nSPS) is 24.1. The van der Waals surface area contributed by atoms with E-state index < -0.39 is 53.3 Å². The molecule has 10 nitrogen and oxygen atoms in total. The highest BCUT2D eigenvalue weighted by atomic mass is 16.6. The van der Waals surface area contributed by atoms with E-state index in [-0.39, 0.29) is 13.2 Å². The zero-order valence-electron chi connectivity index (χ0n) is 29.3. The third kappa shape index (κ3) is 5.66. The van der Waals surface area contributed by atoms with Gasteiger partial charge in [0.25, 0.3) is 0 Å². The van der Waals surface area contributed by atoms with Gasteiger partial charge in [-0.2, -0.15) is 0 Å². The number of carbonyl (C=O) groups excluding carboxylic acids is 3. The first-order valence-corrected chi connectivity index (χ1v) is 17.7. The lowest BCUT2D eigenvalue weighted by Crippen LogP contribution is -2.53. The molecule has 0 unspecified atom stereocenters. The van der Waals surface area contributed by atoms with E-state index in [1.165, 1.54) is 0 Å². The summed E-state index contributed by atoms with van der Waals surface area (Å²) in [4.78, 5) is 45.7. The molecule has 3 heterocycles. The average molecular weight is 720 g/mol. The molecule has 2 saturated heterocycles. The van der Waals surface area contributed by atoms with Crippen molar-refractivity contribution in [3.63, 3.8) is 0 Å². The Hall–Kier alpha value is -6.41. The van der Waals surface area contributed by atoms with E-state index in [0.717, 1.165) is 16.7 Å². The molecule has 2 fully saturated rings. The van der Waals surface area contributed by atoms with Gasteiger partial charge in [0.1, 0.15) is 35.7 Å². The smallest absolute Gasteiger partial charge is 0.324 e. The lowest BCUT2D eigenvalue weighted by atomic mass is 9.65. The minimum atomic E-state index is -1.75. The number of nitrogens with one attached hydrogen (secondary N) is 1. The topological polar surface area (TPSA) is 140 Å². The first kappa shape index (κ1) is 34.7. The van der Waals surface area contributed by atoms with Crippen LogP contribution in [-0.2, 0) is 24.5 Å². The number of hydrogen-bond donors (Lipinski definition) is 3. The number of morpholine rings is 1. The van der Waals surface area contributed by atoms with E-state index in [0.29, 0.717) is 33.9 Å². The van der Waals surface area contributed by atoms with Gasteiger partial charge in [-0.15, -0.1) is 0 Å². The summed E-state index contributed by atoms with van der Waals surface area (Å²) in [6, 6.07) is 36.0. The quantitative estimate of drug-likeness (QED) is 0.147. The second kappa shape index (κ2) is 14.2. The van der Waals surface area contributed by atoms with E-state index in [2.05, 4.69) is 17.2 Å². The number of aliphatic hydroxyl groups is 1. The molecule has 8 rings (SSSR count). The SMILES string of the molecule is COc1ccc(C#Cc2ccc3c(c2)[C@]2(C(=O)N3)[C@H](C(N)=O)[C@H]3C(=O)O[C@H](c4ccccc4)[C@H](c4ccccc4)N3[C@@H]2c2ccccc2OCCO)cc1. The number of aliphatic hydroxyl groups excluding tert-OH is 1. The van der Waals surface area contributed by atoms with E-state index in [1.807, 2.05) is 102 Å². The molecule has 5 aromatic rings. The Morgan fingerprint density at radius 3 is 2.19 bits per heavy atom. The lowest BCUT2D eigenvalue weighted by molar-refractivity contribution is -0.178. The molecule has 0 radical (unpaired) electrons. The molecular formula is C44H37N3O7. The fourth-order valence-electron chi connectivity index (χ4n) is 8.48. The summed E-state index contributed by atoms with van der Waals surface area (Å²) in [5.41, 5.74) is 9.00. The lowest BCUT2D eigenvalue weighted by Gasteiger charge is -2.46. The number of amides is 2. The Labute approximate surface area is 312 Å². The number of rotatable bonds is 8. The maximum atomic E-state index is 15.0. The standard InChI is InChI=1S/C44H37N3O7/c1-52-31-21-18-27(19-22-31)16-17-28-20-23-34-33(26-28)44(43(51)46-34)36(41(45)49)38-42(50)54-39(30-12-6-3-7-13-30)37(29-10-4-2-5-11-29)47(38)40(44)32-14-8-9-15-35(32)53-25-24-48/h2-15,18-23,26,36-40,48H,24-25H2,1H3,(H2,45,49)(H,46,51)/t36-,37-,38-,39+,40+,44-/m0/s1. The molecule has 270 valence electrons. The first-order valence-electron chi connectivity index (χ1n) is 17.7. The maximum Gasteiger partial charge on any atom is 0.324 e. The van der Waals surface area contributed by atoms with Crippen molar-refractivity contribution in [2.45, 2.75) is 29.6 Å². The van der Waals surface area contributed by atoms with E-state index in [1.54, 1.807) is 37.4 Å². The molecule has 1 spiro atoms. The highest BCUT2D eigenvalue weighted by Crippen LogP contribution is 2.65.